The summed E-state index contributed by atoms with van der Waals surface area (Å²) < 4.78 is 14.7. The molecule has 1 aliphatic carbocycles. The lowest BCUT2D eigenvalue weighted by Crippen LogP contribution is -2.52. The third-order valence-electron chi connectivity index (χ3n) is 6.79. The number of nitrogens with zero attached hydrogens (tertiary/aromatic N) is 5. The summed E-state index contributed by atoms with van der Waals surface area (Å²) in [5.74, 6) is -1.71. The Morgan fingerprint density at radius 1 is 1.29 bits per heavy atom. The number of piperidine rings is 1. The molecule has 11 heteroatoms. The number of halogens is 1. The van der Waals surface area contributed by atoms with Crippen LogP contribution in [0.5, 0.6) is 0 Å². The van der Waals surface area contributed by atoms with Gasteiger partial charge in [-0.15, -0.1) is 0 Å². The number of benzene rings is 1. The number of nitrogens with one attached hydrogen (secondary N) is 1. The van der Waals surface area contributed by atoms with E-state index in [0.29, 0.717) is 24.9 Å². The van der Waals surface area contributed by atoms with Gasteiger partial charge in [0.25, 0.3) is 5.91 Å². The van der Waals surface area contributed by atoms with E-state index in [9.17, 15) is 29.6 Å². The number of likely N-dealkylation sites (tertiary alicyclic amines) is 1. The number of nitriles is 2. The largest absolute Gasteiger partial charge is 0.465 e. The van der Waals surface area contributed by atoms with Crippen molar-refractivity contribution < 1.29 is 19.1 Å². The minimum Gasteiger partial charge on any atom is -0.465 e. The average molecular weight is 465 g/mol. The highest BCUT2D eigenvalue weighted by Crippen LogP contribution is 2.54. The Bertz CT molecular complexity index is 1180. The number of carbonyl (C=O) groups is 2. The maximum atomic E-state index is 13.2. The van der Waals surface area contributed by atoms with Gasteiger partial charge in [0, 0.05) is 24.8 Å². The predicted molar refractivity (Wildman–Crippen MR) is 118 cm³/mol. The van der Waals surface area contributed by atoms with E-state index in [1.54, 1.807) is 0 Å². The number of hydrogen-bond acceptors (Lipinski definition) is 6. The maximum absolute atomic E-state index is 13.2. The molecule has 176 valence electrons. The zero-order valence-corrected chi connectivity index (χ0v) is 18.3. The minimum atomic E-state index is -1.10. The van der Waals surface area contributed by atoms with Gasteiger partial charge in [-0.05, 0) is 55.4 Å². The number of anilines is 2. The van der Waals surface area contributed by atoms with Crippen LogP contribution in [-0.2, 0) is 0 Å². The fraction of sp³-hybridized carbons (Fsp3) is 0.435. The van der Waals surface area contributed by atoms with Crippen LogP contribution in [0.2, 0.25) is 0 Å². The first-order valence-electron chi connectivity index (χ1n) is 10.9. The van der Waals surface area contributed by atoms with Crippen molar-refractivity contribution in [3.8, 4) is 12.1 Å². The van der Waals surface area contributed by atoms with Crippen LogP contribution in [0.3, 0.4) is 0 Å². The predicted octanol–water partition coefficient (Wildman–Crippen LogP) is 3.38. The highest BCUT2D eigenvalue weighted by Gasteiger charge is 2.50. The topological polar surface area (TPSA) is 161 Å². The second-order valence-electron chi connectivity index (χ2n) is 8.96. The molecule has 4 N–H and O–H groups in total. The third-order valence-corrected chi connectivity index (χ3v) is 6.79. The summed E-state index contributed by atoms with van der Waals surface area (Å²) in [6, 6.07) is 8.85. The van der Waals surface area contributed by atoms with E-state index in [1.165, 1.54) is 40.0 Å². The summed E-state index contributed by atoms with van der Waals surface area (Å²) in [6.07, 6.45) is 3.07. The lowest BCUT2D eigenvalue weighted by atomic mass is 9.79. The van der Waals surface area contributed by atoms with Crippen molar-refractivity contribution in [3.63, 3.8) is 0 Å². The Labute approximate surface area is 195 Å². The molecule has 1 aromatic heterocycles. The monoisotopic (exact) mass is 465 g/mol. The quantitative estimate of drug-likeness (QED) is 0.564. The molecule has 0 bridgehead atoms. The van der Waals surface area contributed by atoms with E-state index in [1.807, 2.05) is 0 Å². The van der Waals surface area contributed by atoms with Crippen LogP contribution in [0.25, 0.3) is 0 Å². The molecule has 3 atom stereocenters. The molecule has 1 saturated carbocycles. The normalized spacial score (nSPS) is 22.9. The first-order chi connectivity index (χ1) is 16.3. The summed E-state index contributed by atoms with van der Waals surface area (Å²) in [7, 11) is 0. The van der Waals surface area contributed by atoms with E-state index in [-0.39, 0.29) is 23.3 Å². The summed E-state index contributed by atoms with van der Waals surface area (Å²) in [6.45, 7) is 0.192. The molecule has 2 fully saturated rings. The number of hydrogen-bond donors (Lipinski definition) is 3. The summed E-state index contributed by atoms with van der Waals surface area (Å²) in [5.41, 5.74) is 5.88. The second kappa shape index (κ2) is 9.02. The van der Waals surface area contributed by atoms with Gasteiger partial charge in [0.1, 0.15) is 11.4 Å². The van der Waals surface area contributed by atoms with Crippen molar-refractivity contribution in [2.45, 2.75) is 44.2 Å². The lowest BCUT2D eigenvalue weighted by molar-refractivity contribution is 0.0535. The van der Waals surface area contributed by atoms with Crippen LogP contribution in [0.4, 0.5) is 20.7 Å². The smallest absolute Gasteiger partial charge is 0.407 e. The molecule has 2 aliphatic rings. The Kier molecular flexibility index (Phi) is 6.12. The zero-order chi connectivity index (χ0) is 24.5. The van der Waals surface area contributed by atoms with Gasteiger partial charge in [-0.3, -0.25) is 9.48 Å². The van der Waals surface area contributed by atoms with Gasteiger partial charge in [-0.1, -0.05) is 0 Å². The zero-order valence-electron chi connectivity index (χ0n) is 18.3. The summed E-state index contributed by atoms with van der Waals surface area (Å²) in [4.78, 5) is 25.3. The third kappa shape index (κ3) is 4.50. The van der Waals surface area contributed by atoms with E-state index in [2.05, 4.69) is 22.6 Å². The van der Waals surface area contributed by atoms with Crippen LogP contribution in [0.1, 0.15) is 48.5 Å². The Hall–Kier alpha value is -4.12. The number of nitrogens with two attached hydrogens (primary N) is 1. The van der Waals surface area contributed by atoms with E-state index >= 15 is 0 Å². The SMILES string of the molecule is N#CCC1(CC2[C@@H](C#N)[C@@H](n3cc(C(N)=O)c(Nc4ccc(F)cc4)n3)CCN2C(=O)O)CC1. The maximum Gasteiger partial charge on any atom is 0.407 e. The van der Waals surface area contributed by atoms with Gasteiger partial charge >= 0.3 is 6.09 Å². The number of carboxylic acid groups (broad SMARTS) is 1. The number of primary amides is 1. The standard InChI is InChI=1S/C23H24FN7O3/c24-14-1-3-15(4-2-14)28-21-17(20(27)32)13-31(29-21)18-5-10-30(22(33)34)19(16(18)12-26)11-23(6-7-23)8-9-25/h1-4,13,16,18-19H,5-8,10-11H2,(H2,27,32)(H,28,29)(H,33,34)/t16-,18-,19?/m0/s1. The van der Waals surface area contributed by atoms with Crippen molar-refractivity contribution in [3.05, 3.63) is 41.8 Å². The van der Waals surface area contributed by atoms with Crippen molar-refractivity contribution in [2.75, 3.05) is 11.9 Å². The minimum absolute atomic E-state index is 0.0985. The molecular weight excluding hydrogens is 441 g/mol. The van der Waals surface area contributed by atoms with Gasteiger partial charge in [-0.2, -0.15) is 15.6 Å². The molecule has 10 nitrogen and oxygen atoms in total. The Balaban J connectivity index is 1.65. The van der Waals surface area contributed by atoms with Crippen molar-refractivity contribution in [1.82, 2.24) is 14.7 Å². The second-order valence-corrected chi connectivity index (χ2v) is 8.96. The van der Waals surface area contributed by atoms with E-state index in [0.717, 1.165) is 12.8 Å². The molecule has 2 aromatic rings. The highest BCUT2D eigenvalue weighted by atomic mass is 19.1. The number of amides is 2. The molecule has 1 saturated heterocycles. The van der Waals surface area contributed by atoms with Gasteiger partial charge in [0.15, 0.2) is 5.82 Å². The molecular formula is C23H24FN7O3. The van der Waals surface area contributed by atoms with Crippen molar-refractivity contribution in [2.24, 2.45) is 17.1 Å². The number of rotatable bonds is 7. The average Bonchev–Trinajstić information content (AvgIpc) is 3.42. The fourth-order valence-corrected chi connectivity index (χ4v) is 4.76. The molecule has 0 spiro atoms. The van der Waals surface area contributed by atoms with Crippen molar-refractivity contribution in [1.29, 1.82) is 10.5 Å². The molecule has 2 amide bonds. The van der Waals surface area contributed by atoms with Gasteiger partial charge in [-0.25, -0.2) is 9.18 Å². The molecule has 4 rings (SSSR count). The number of aromatic nitrogens is 2. The Morgan fingerprint density at radius 2 is 2.00 bits per heavy atom. The Morgan fingerprint density at radius 3 is 2.56 bits per heavy atom. The molecule has 0 radical (unpaired) electrons. The van der Waals surface area contributed by atoms with E-state index < -0.39 is 35.8 Å². The lowest BCUT2D eigenvalue weighted by Gasteiger charge is -2.42. The molecule has 1 aliphatic heterocycles. The van der Waals surface area contributed by atoms with Gasteiger partial charge < -0.3 is 21.1 Å². The van der Waals surface area contributed by atoms with Crippen LogP contribution in [-0.4, -0.2) is 44.4 Å². The first-order valence-corrected chi connectivity index (χ1v) is 10.9. The molecule has 34 heavy (non-hydrogen) atoms. The van der Waals surface area contributed by atoms with Gasteiger partial charge in [0.05, 0.1) is 30.1 Å². The van der Waals surface area contributed by atoms with Crippen LogP contribution in [0, 0.1) is 39.8 Å². The first kappa shape index (κ1) is 23.1. The molecule has 1 unspecified atom stereocenters. The number of carbonyl (C=O) groups excluding carboxylic acids is 1. The molecule has 2 heterocycles. The van der Waals surface area contributed by atoms with Crippen molar-refractivity contribution >= 4 is 23.5 Å². The summed E-state index contributed by atoms with van der Waals surface area (Å²) in [5, 5.41) is 36.4. The van der Waals surface area contributed by atoms with Crippen LogP contribution >= 0.6 is 0 Å². The summed E-state index contributed by atoms with van der Waals surface area (Å²) >= 11 is 0. The molecule has 1 aromatic carbocycles. The highest BCUT2D eigenvalue weighted by molar-refractivity contribution is 5.98. The van der Waals surface area contributed by atoms with Crippen LogP contribution in [0.15, 0.2) is 30.5 Å². The van der Waals surface area contributed by atoms with Crippen LogP contribution < -0.4 is 11.1 Å². The van der Waals surface area contributed by atoms with Gasteiger partial charge in [0.2, 0.25) is 0 Å². The van der Waals surface area contributed by atoms with E-state index in [4.69, 9.17) is 5.73 Å². The fourth-order valence-electron chi connectivity index (χ4n) is 4.76.